The molecule has 0 spiro atoms. The molecule has 2 atom stereocenters. The van der Waals surface area contributed by atoms with E-state index in [-0.39, 0.29) is 0 Å². The summed E-state index contributed by atoms with van der Waals surface area (Å²) >= 11 is 0. The van der Waals surface area contributed by atoms with Crippen molar-refractivity contribution >= 4 is 5.97 Å². The van der Waals surface area contributed by atoms with E-state index in [1.54, 1.807) is 0 Å². The highest BCUT2D eigenvalue weighted by Gasteiger charge is 2.25. The smallest absolute Gasteiger partial charge is 0.303 e. The van der Waals surface area contributed by atoms with Crippen LogP contribution in [0.25, 0.3) is 0 Å². The Morgan fingerprint density at radius 2 is 1.73 bits per heavy atom. The number of nitrogens with one attached hydrogen (secondary N) is 1. The minimum Gasteiger partial charge on any atom is -0.481 e. The van der Waals surface area contributed by atoms with E-state index >= 15 is 0 Å². The fraction of sp³-hybridized carbons (Fsp3) is 0.947. The van der Waals surface area contributed by atoms with E-state index in [1.807, 2.05) is 0 Å². The van der Waals surface area contributed by atoms with Crippen LogP contribution in [0.2, 0.25) is 0 Å². The number of hydrogen-bond donors (Lipinski definition) is 2. The quantitative estimate of drug-likeness (QED) is 0.444. The molecule has 0 aliphatic heterocycles. The Morgan fingerprint density at radius 1 is 1.00 bits per heavy atom. The van der Waals surface area contributed by atoms with Crippen LogP contribution in [0.15, 0.2) is 0 Å². The molecule has 1 aliphatic rings. The van der Waals surface area contributed by atoms with Crippen molar-refractivity contribution in [1.29, 1.82) is 0 Å². The molecule has 0 aromatic heterocycles. The van der Waals surface area contributed by atoms with Crippen LogP contribution in [0, 0.1) is 11.8 Å². The summed E-state index contributed by atoms with van der Waals surface area (Å²) in [6.07, 6.45) is 15.7. The number of aliphatic carboxylic acids is 1. The molecule has 0 radical (unpaired) electrons. The summed E-state index contributed by atoms with van der Waals surface area (Å²) in [5.74, 6) is 1.16. The van der Waals surface area contributed by atoms with Gasteiger partial charge in [-0.05, 0) is 44.2 Å². The highest BCUT2D eigenvalue weighted by atomic mass is 16.4. The molecule has 0 unspecified atom stereocenters. The van der Waals surface area contributed by atoms with E-state index in [4.69, 9.17) is 5.11 Å². The molecule has 3 nitrogen and oxygen atoms in total. The monoisotopic (exact) mass is 311 g/mol. The number of unbranched alkanes of at least 4 members (excludes halogenated alkanes) is 6. The predicted octanol–water partition coefficient (Wildman–Crippen LogP) is 5.00. The van der Waals surface area contributed by atoms with Crippen molar-refractivity contribution in [2.45, 2.75) is 90.4 Å². The van der Waals surface area contributed by atoms with Crippen LogP contribution in [0.3, 0.4) is 0 Å². The van der Waals surface area contributed by atoms with Crippen molar-refractivity contribution < 1.29 is 9.90 Å². The maximum Gasteiger partial charge on any atom is 0.303 e. The Bertz CT molecular complexity index is 281. The van der Waals surface area contributed by atoms with Gasteiger partial charge in [-0.2, -0.15) is 0 Å². The minimum absolute atomic E-state index is 0.341. The highest BCUT2D eigenvalue weighted by Crippen LogP contribution is 2.35. The van der Waals surface area contributed by atoms with Crippen molar-refractivity contribution in [3.8, 4) is 0 Å². The summed E-state index contributed by atoms with van der Waals surface area (Å²) in [6, 6.07) is 0. The van der Waals surface area contributed by atoms with Crippen LogP contribution < -0.4 is 5.32 Å². The Morgan fingerprint density at radius 3 is 2.50 bits per heavy atom. The number of carbonyl (C=O) groups is 1. The van der Waals surface area contributed by atoms with Gasteiger partial charge < -0.3 is 10.4 Å². The molecule has 0 saturated heterocycles. The van der Waals surface area contributed by atoms with Gasteiger partial charge in [-0.15, -0.1) is 0 Å². The van der Waals surface area contributed by atoms with Crippen molar-refractivity contribution in [2.75, 3.05) is 13.1 Å². The highest BCUT2D eigenvalue weighted by molar-refractivity contribution is 5.66. The van der Waals surface area contributed by atoms with Crippen LogP contribution in [0.4, 0.5) is 0 Å². The Kier molecular flexibility index (Phi) is 11.4. The Hall–Kier alpha value is -0.570. The first-order valence-electron chi connectivity index (χ1n) is 9.66. The first kappa shape index (κ1) is 19.5. The summed E-state index contributed by atoms with van der Waals surface area (Å²) in [5, 5.41) is 12.3. The molecule has 0 bridgehead atoms. The van der Waals surface area contributed by atoms with Gasteiger partial charge in [0.15, 0.2) is 0 Å². The Balaban J connectivity index is 1.99. The predicted molar refractivity (Wildman–Crippen MR) is 93.2 cm³/mol. The minimum atomic E-state index is -0.652. The lowest BCUT2D eigenvalue weighted by Crippen LogP contribution is -2.26. The van der Waals surface area contributed by atoms with E-state index in [0.717, 1.165) is 24.7 Å². The van der Waals surface area contributed by atoms with Gasteiger partial charge in [0.2, 0.25) is 0 Å². The van der Waals surface area contributed by atoms with Crippen molar-refractivity contribution in [3.63, 3.8) is 0 Å². The number of carboxylic acid groups (broad SMARTS) is 1. The van der Waals surface area contributed by atoms with Gasteiger partial charge in [0, 0.05) is 6.42 Å². The second kappa shape index (κ2) is 12.9. The van der Waals surface area contributed by atoms with Gasteiger partial charge in [-0.25, -0.2) is 0 Å². The molecule has 3 heteroatoms. The molecule has 1 rings (SSSR count). The summed E-state index contributed by atoms with van der Waals surface area (Å²) in [5.41, 5.74) is 0. The van der Waals surface area contributed by atoms with Crippen LogP contribution in [0.5, 0.6) is 0 Å². The maximum atomic E-state index is 10.5. The van der Waals surface area contributed by atoms with Crippen molar-refractivity contribution in [3.05, 3.63) is 0 Å². The fourth-order valence-electron chi connectivity index (χ4n) is 3.76. The second-order valence-electron chi connectivity index (χ2n) is 7.06. The zero-order valence-corrected chi connectivity index (χ0v) is 14.6. The van der Waals surface area contributed by atoms with Crippen LogP contribution in [-0.2, 0) is 4.79 Å². The molecule has 2 N–H and O–H groups in total. The molecular weight excluding hydrogens is 274 g/mol. The summed E-state index contributed by atoms with van der Waals surface area (Å²) < 4.78 is 0. The lowest BCUT2D eigenvalue weighted by Gasteiger charge is -2.20. The first-order chi connectivity index (χ1) is 10.7. The average molecular weight is 312 g/mol. The van der Waals surface area contributed by atoms with Crippen molar-refractivity contribution in [2.24, 2.45) is 11.8 Å². The van der Waals surface area contributed by atoms with E-state index in [2.05, 4.69) is 12.2 Å². The SMILES string of the molecule is CCCCCCNC[C@H]1CCC[C@@H]1CCCCCCC(=O)O. The van der Waals surface area contributed by atoms with Crippen LogP contribution >= 0.6 is 0 Å². The third-order valence-electron chi connectivity index (χ3n) is 5.15. The van der Waals surface area contributed by atoms with Gasteiger partial charge in [-0.3, -0.25) is 4.79 Å². The zero-order valence-electron chi connectivity index (χ0n) is 14.6. The van der Waals surface area contributed by atoms with E-state index in [9.17, 15) is 4.79 Å². The molecule has 1 saturated carbocycles. The van der Waals surface area contributed by atoms with Gasteiger partial charge in [0.25, 0.3) is 0 Å². The van der Waals surface area contributed by atoms with Crippen molar-refractivity contribution in [1.82, 2.24) is 5.32 Å². The molecule has 0 aromatic carbocycles. The van der Waals surface area contributed by atoms with E-state index < -0.39 is 5.97 Å². The normalized spacial score (nSPS) is 21.3. The topological polar surface area (TPSA) is 49.3 Å². The molecule has 0 aromatic rings. The molecular formula is C19H37NO2. The lowest BCUT2D eigenvalue weighted by atomic mass is 9.90. The number of carboxylic acids is 1. The lowest BCUT2D eigenvalue weighted by molar-refractivity contribution is -0.137. The summed E-state index contributed by atoms with van der Waals surface area (Å²) in [4.78, 5) is 10.5. The van der Waals surface area contributed by atoms with E-state index in [1.165, 1.54) is 77.3 Å². The first-order valence-corrected chi connectivity index (χ1v) is 9.66. The third kappa shape index (κ3) is 9.45. The fourth-order valence-corrected chi connectivity index (χ4v) is 3.76. The molecule has 0 heterocycles. The van der Waals surface area contributed by atoms with Gasteiger partial charge in [-0.1, -0.05) is 64.7 Å². The summed E-state index contributed by atoms with van der Waals surface area (Å²) in [6.45, 7) is 4.67. The molecule has 1 aliphatic carbocycles. The largest absolute Gasteiger partial charge is 0.481 e. The van der Waals surface area contributed by atoms with Gasteiger partial charge in [0.1, 0.15) is 0 Å². The van der Waals surface area contributed by atoms with E-state index in [0.29, 0.717) is 6.42 Å². The molecule has 1 fully saturated rings. The van der Waals surface area contributed by atoms with Gasteiger partial charge >= 0.3 is 5.97 Å². The average Bonchev–Trinajstić information content (AvgIpc) is 2.93. The van der Waals surface area contributed by atoms with Crippen LogP contribution in [-0.4, -0.2) is 24.2 Å². The number of hydrogen-bond acceptors (Lipinski definition) is 2. The maximum absolute atomic E-state index is 10.5. The van der Waals surface area contributed by atoms with Gasteiger partial charge in [0.05, 0.1) is 0 Å². The molecule has 22 heavy (non-hydrogen) atoms. The molecule has 0 amide bonds. The standard InChI is InChI=1S/C19H37NO2/c1-2-3-4-9-15-20-16-18-13-10-12-17(18)11-7-5-6-8-14-19(21)22/h17-18,20H,2-16H2,1H3,(H,21,22)/t17-,18+/m0/s1. The number of rotatable bonds is 14. The second-order valence-corrected chi connectivity index (χ2v) is 7.06. The third-order valence-corrected chi connectivity index (χ3v) is 5.15. The molecule has 130 valence electrons. The summed E-state index contributed by atoms with van der Waals surface area (Å²) in [7, 11) is 0. The zero-order chi connectivity index (χ0) is 16.0. The van der Waals surface area contributed by atoms with Crippen LogP contribution in [0.1, 0.15) is 90.4 Å². The Labute approximate surface area is 137 Å².